The van der Waals surface area contributed by atoms with Gasteiger partial charge < -0.3 is 19.3 Å². The van der Waals surface area contributed by atoms with Crippen molar-refractivity contribution < 1.29 is 24.1 Å². The third kappa shape index (κ3) is 2.84. The van der Waals surface area contributed by atoms with Crippen LogP contribution in [-0.2, 0) is 19.0 Å². The molecule has 2 aliphatic rings. The van der Waals surface area contributed by atoms with Crippen LogP contribution in [0.5, 0.6) is 0 Å². The van der Waals surface area contributed by atoms with Crippen LogP contribution in [0.25, 0.3) is 0 Å². The second-order valence-electron chi connectivity index (χ2n) is 6.49. The minimum Gasteiger partial charge on any atom is -0.465 e. The maximum absolute atomic E-state index is 12.4. The number of benzene rings is 1. The van der Waals surface area contributed by atoms with E-state index in [2.05, 4.69) is 5.32 Å². The molecule has 0 amide bonds. The van der Waals surface area contributed by atoms with Crippen molar-refractivity contribution in [3.63, 3.8) is 0 Å². The molecule has 0 radical (unpaired) electrons. The average molecular weight is 335 g/mol. The van der Waals surface area contributed by atoms with Crippen LogP contribution in [0, 0.1) is 11.8 Å². The fourth-order valence-electron chi connectivity index (χ4n) is 4.03. The van der Waals surface area contributed by atoms with Gasteiger partial charge in [0.1, 0.15) is 6.04 Å². The summed E-state index contributed by atoms with van der Waals surface area (Å²) in [7, 11) is 1.59. The van der Waals surface area contributed by atoms with Crippen LogP contribution in [-0.4, -0.2) is 49.3 Å². The van der Waals surface area contributed by atoms with Crippen molar-refractivity contribution in [3.8, 4) is 0 Å². The van der Waals surface area contributed by atoms with Crippen LogP contribution in [0.1, 0.15) is 25.5 Å². The number of aliphatic hydroxyl groups excluding tert-OH is 1. The summed E-state index contributed by atoms with van der Waals surface area (Å²) in [5.74, 6) is -1.79. The van der Waals surface area contributed by atoms with E-state index >= 15 is 0 Å². The molecule has 6 heteroatoms. The molecule has 2 fully saturated rings. The first-order chi connectivity index (χ1) is 11.5. The summed E-state index contributed by atoms with van der Waals surface area (Å²) < 4.78 is 16.7. The Labute approximate surface area is 142 Å². The van der Waals surface area contributed by atoms with E-state index in [4.69, 9.17) is 14.2 Å². The third-order valence-corrected chi connectivity index (χ3v) is 5.21. The zero-order chi connectivity index (χ0) is 17.3. The molecule has 0 bridgehead atoms. The number of esters is 1. The number of ether oxygens (including phenoxy) is 3. The Morgan fingerprint density at radius 3 is 2.75 bits per heavy atom. The molecule has 1 aromatic rings. The van der Waals surface area contributed by atoms with Crippen molar-refractivity contribution in [1.29, 1.82) is 0 Å². The normalized spacial score (nSPS) is 38.6. The molecule has 6 atom stereocenters. The molecular formula is C18H25NO5. The van der Waals surface area contributed by atoms with Gasteiger partial charge in [-0.2, -0.15) is 0 Å². The largest absolute Gasteiger partial charge is 0.465 e. The molecule has 24 heavy (non-hydrogen) atoms. The van der Waals surface area contributed by atoms with Gasteiger partial charge in [0.25, 0.3) is 0 Å². The molecule has 3 rings (SSSR count). The van der Waals surface area contributed by atoms with Crippen LogP contribution in [0.15, 0.2) is 30.3 Å². The van der Waals surface area contributed by atoms with Crippen molar-refractivity contribution in [3.05, 3.63) is 35.9 Å². The first-order valence-electron chi connectivity index (χ1n) is 8.36. The highest BCUT2D eigenvalue weighted by Gasteiger charge is 2.60. The molecule has 2 N–H and O–H groups in total. The second kappa shape index (κ2) is 6.80. The Bertz CT molecular complexity index is 580. The van der Waals surface area contributed by atoms with Crippen LogP contribution >= 0.6 is 0 Å². The van der Waals surface area contributed by atoms with Crippen LogP contribution < -0.4 is 5.32 Å². The van der Waals surface area contributed by atoms with Gasteiger partial charge in [-0.3, -0.25) is 10.1 Å². The van der Waals surface area contributed by atoms with Crippen molar-refractivity contribution in [2.75, 3.05) is 20.3 Å². The predicted molar refractivity (Wildman–Crippen MR) is 87.1 cm³/mol. The fraction of sp³-hybridized carbons (Fsp3) is 0.611. The van der Waals surface area contributed by atoms with Gasteiger partial charge in [0.15, 0.2) is 5.79 Å². The minimum absolute atomic E-state index is 0.130. The summed E-state index contributed by atoms with van der Waals surface area (Å²) >= 11 is 0. The Morgan fingerprint density at radius 2 is 2.12 bits per heavy atom. The van der Waals surface area contributed by atoms with Gasteiger partial charge in [0.05, 0.1) is 19.3 Å². The molecule has 0 spiro atoms. The Morgan fingerprint density at radius 1 is 1.42 bits per heavy atom. The molecule has 0 aromatic heterocycles. The number of aliphatic hydroxyl groups is 1. The lowest BCUT2D eigenvalue weighted by molar-refractivity contribution is -0.293. The van der Waals surface area contributed by atoms with Crippen molar-refractivity contribution in [2.45, 2.75) is 37.8 Å². The van der Waals surface area contributed by atoms with Crippen molar-refractivity contribution in [2.24, 2.45) is 11.8 Å². The number of carbonyl (C=O) groups excluding carboxylic acids is 1. The monoisotopic (exact) mass is 335 g/mol. The molecule has 0 aliphatic carbocycles. The summed E-state index contributed by atoms with van der Waals surface area (Å²) in [6.45, 7) is 4.07. The number of hydrogen-bond donors (Lipinski definition) is 2. The SMILES string of the molecule is CCOC(=O)[C@@H]1N[C@H](c2ccccc2)[C@H]2[C@H]1[C@H](O)COC2(C)OC. The van der Waals surface area contributed by atoms with Gasteiger partial charge in [-0.25, -0.2) is 0 Å². The number of carbonyl (C=O) groups is 1. The summed E-state index contributed by atoms with van der Waals surface area (Å²) in [4.78, 5) is 12.4. The highest BCUT2D eigenvalue weighted by atomic mass is 16.7. The Hall–Kier alpha value is -1.47. The van der Waals surface area contributed by atoms with Gasteiger partial charge >= 0.3 is 5.97 Å². The number of rotatable bonds is 4. The first kappa shape index (κ1) is 17.4. The minimum atomic E-state index is -0.890. The lowest BCUT2D eigenvalue weighted by Crippen LogP contribution is -2.56. The number of fused-ring (bicyclic) bond motifs is 1. The second-order valence-corrected chi connectivity index (χ2v) is 6.49. The Balaban J connectivity index is 2.01. The van der Waals surface area contributed by atoms with E-state index in [1.807, 2.05) is 37.3 Å². The van der Waals surface area contributed by atoms with E-state index in [-0.39, 0.29) is 30.5 Å². The van der Waals surface area contributed by atoms with Crippen LogP contribution in [0.2, 0.25) is 0 Å². The van der Waals surface area contributed by atoms with E-state index in [1.165, 1.54) is 0 Å². The quantitative estimate of drug-likeness (QED) is 0.807. The maximum Gasteiger partial charge on any atom is 0.323 e. The smallest absolute Gasteiger partial charge is 0.323 e. The highest BCUT2D eigenvalue weighted by Crippen LogP contribution is 2.49. The maximum atomic E-state index is 12.4. The number of hydrogen-bond acceptors (Lipinski definition) is 6. The molecule has 1 unspecified atom stereocenters. The predicted octanol–water partition coefficient (Wildman–Crippen LogP) is 1.25. The van der Waals surface area contributed by atoms with E-state index < -0.39 is 17.9 Å². The zero-order valence-electron chi connectivity index (χ0n) is 14.3. The highest BCUT2D eigenvalue weighted by molar-refractivity contribution is 5.77. The van der Waals surface area contributed by atoms with E-state index in [1.54, 1.807) is 14.0 Å². The third-order valence-electron chi connectivity index (χ3n) is 5.21. The molecule has 2 heterocycles. The standard InChI is InChI=1S/C18H25NO5/c1-4-23-17(21)16-13-12(20)10-24-18(2,22-3)14(13)15(19-16)11-8-6-5-7-9-11/h5-9,12-16,19-20H,4,10H2,1-3H3/t12-,13-,14-,15-,16-,18?/m1/s1. The molecule has 6 nitrogen and oxygen atoms in total. The lowest BCUT2D eigenvalue weighted by Gasteiger charge is -2.46. The summed E-state index contributed by atoms with van der Waals surface area (Å²) in [6, 6.07) is 9.08. The fourth-order valence-corrected chi connectivity index (χ4v) is 4.03. The van der Waals surface area contributed by atoms with E-state index in [9.17, 15) is 9.90 Å². The van der Waals surface area contributed by atoms with Crippen molar-refractivity contribution >= 4 is 5.97 Å². The van der Waals surface area contributed by atoms with Gasteiger partial charge in [0, 0.05) is 25.0 Å². The lowest BCUT2D eigenvalue weighted by atomic mass is 9.74. The summed E-state index contributed by atoms with van der Waals surface area (Å²) in [5, 5.41) is 13.9. The van der Waals surface area contributed by atoms with Gasteiger partial charge in [-0.1, -0.05) is 30.3 Å². The van der Waals surface area contributed by atoms with Gasteiger partial charge in [-0.15, -0.1) is 0 Å². The van der Waals surface area contributed by atoms with Crippen molar-refractivity contribution in [1.82, 2.24) is 5.32 Å². The number of nitrogens with one attached hydrogen (secondary N) is 1. The molecule has 2 saturated heterocycles. The van der Waals surface area contributed by atoms with Gasteiger partial charge in [0.2, 0.25) is 0 Å². The van der Waals surface area contributed by atoms with E-state index in [0.29, 0.717) is 6.61 Å². The summed E-state index contributed by atoms with van der Waals surface area (Å²) in [5.41, 5.74) is 1.03. The zero-order valence-corrected chi connectivity index (χ0v) is 14.3. The summed E-state index contributed by atoms with van der Waals surface area (Å²) in [6.07, 6.45) is -0.756. The molecular weight excluding hydrogens is 310 g/mol. The van der Waals surface area contributed by atoms with Gasteiger partial charge in [-0.05, 0) is 19.4 Å². The molecule has 0 saturated carbocycles. The van der Waals surface area contributed by atoms with Crippen LogP contribution in [0.3, 0.4) is 0 Å². The molecule has 132 valence electrons. The average Bonchev–Trinajstić information content (AvgIpc) is 3.02. The van der Waals surface area contributed by atoms with E-state index in [0.717, 1.165) is 5.56 Å². The Kier molecular flexibility index (Phi) is 4.92. The molecule has 1 aromatic carbocycles. The molecule has 2 aliphatic heterocycles. The topological polar surface area (TPSA) is 77.0 Å². The number of methoxy groups -OCH3 is 1. The first-order valence-corrected chi connectivity index (χ1v) is 8.36. The van der Waals surface area contributed by atoms with Crippen LogP contribution in [0.4, 0.5) is 0 Å².